The zero-order chi connectivity index (χ0) is 15.4. The van der Waals surface area contributed by atoms with E-state index < -0.39 is 0 Å². The Labute approximate surface area is 125 Å². The molecule has 1 aliphatic rings. The van der Waals surface area contributed by atoms with Crippen LogP contribution in [-0.2, 0) is 6.54 Å². The maximum atomic E-state index is 12.5. The molecule has 1 aromatic heterocycles. The number of aromatic nitrogens is 2. The smallest absolute Gasteiger partial charge is 0.274 e. The van der Waals surface area contributed by atoms with Crippen LogP contribution in [-0.4, -0.2) is 45.8 Å². The van der Waals surface area contributed by atoms with E-state index in [9.17, 15) is 9.59 Å². The quantitative estimate of drug-likeness (QED) is 0.894. The highest BCUT2D eigenvalue weighted by atomic mass is 16.2. The van der Waals surface area contributed by atoms with Gasteiger partial charge in [0.15, 0.2) is 0 Å². The summed E-state index contributed by atoms with van der Waals surface area (Å²) in [4.78, 5) is 26.1. The topological polar surface area (TPSA) is 67.2 Å². The second-order valence-corrected chi connectivity index (χ2v) is 5.81. The van der Waals surface area contributed by atoms with Gasteiger partial charge in [0.1, 0.15) is 5.69 Å². The molecular formula is C15H24N4O2. The molecule has 6 nitrogen and oxygen atoms in total. The Hall–Kier alpha value is -1.69. The number of amides is 1. The van der Waals surface area contributed by atoms with Crippen LogP contribution in [0.2, 0.25) is 0 Å². The van der Waals surface area contributed by atoms with E-state index in [2.05, 4.69) is 31.2 Å². The van der Waals surface area contributed by atoms with Crippen molar-refractivity contribution in [1.29, 1.82) is 0 Å². The molecule has 0 radical (unpaired) electrons. The first-order chi connectivity index (χ1) is 10.0. The van der Waals surface area contributed by atoms with Crippen molar-refractivity contribution >= 4 is 5.91 Å². The van der Waals surface area contributed by atoms with Crippen molar-refractivity contribution in [1.82, 2.24) is 20.0 Å². The second-order valence-electron chi connectivity index (χ2n) is 5.81. The Morgan fingerprint density at radius 1 is 1.33 bits per heavy atom. The SMILES string of the molecule is CCCCn1nc(C(=O)N2C[C@@H](C)N[C@@H](C)C2)ccc1=O. The monoisotopic (exact) mass is 292 g/mol. The highest BCUT2D eigenvalue weighted by molar-refractivity contribution is 5.92. The summed E-state index contributed by atoms with van der Waals surface area (Å²) in [5.74, 6) is -0.0968. The lowest BCUT2D eigenvalue weighted by atomic mass is 10.1. The molecule has 1 fully saturated rings. The third-order valence-electron chi connectivity index (χ3n) is 3.65. The lowest BCUT2D eigenvalue weighted by molar-refractivity contribution is 0.0665. The van der Waals surface area contributed by atoms with Crippen LogP contribution in [0.1, 0.15) is 44.1 Å². The molecular weight excluding hydrogens is 268 g/mol. The van der Waals surface area contributed by atoms with Gasteiger partial charge in [0.2, 0.25) is 0 Å². The summed E-state index contributed by atoms with van der Waals surface area (Å²) in [6.07, 6.45) is 1.87. The molecule has 0 aromatic carbocycles. The molecule has 1 aromatic rings. The van der Waals surface area contributed by atoms with Crippen molar-refractivity contribution in [2.45, 2.75) is 52.2 Å². The van der Waals surface area contributed by atoms with Gasteiger partial charge in [-0.3, -0.25) is 9.59 Å². The number of carbonyl (C=O) groups excluding carboxylic acids is 1. The largest absolute Gasteiger partial charge is 0.334 e. The molecule has 1 amide bonds. The molecule has 6 heteroatoms. The van der Waals surface area contributed by atoms with Gasteiger partial charge in [-0.2, -0.15) is 5.10 Å². The van der Waals surface area contributed by atoms with E-state index >= 15 is 0 Å². The second kappa shape index (κ2) is 6.85. The highest BCUT2D eigenvalue weighted by Gasteiger charge is 2.26. The van der Waals surface area contributed by atoms with Gasteiger partial charge in [0, 0.05) is 37.8 Å². The first kappa shape index (κ1) is 15.7. The van der Waals surface area contributed by atoms with Gasteiger partial charge in [-0.15, -0.1) is 0 Å². The average Bonchev–Trinajstić information content (AvgIpc) is 2.44. The van der Waals surface area contributed by atoms with Gasteiger partial charge in [0.05, 0.1) is 0 Å². The fraction of sp³-hybridized carbons (Fsp3) is 0.667. The fourth-order valence-corrected chi connectivity index (χ4v) is 2.69. The maximum absolute atomic E-state index is 12.5. The minimum Gasteiger partial charge on any atom is -0.334 e. The summed E-state index contributed by atoms with van der Waals surface area (Å²) in [5.41, 5.74) is 0.203. The minimum absolute atomic E-state index is 0.0968. The Bertz CT molecular complexity index is 545. The summed E-state index contributed by atoms with van der Waals surface area (Å²) >= 11 is 0. The summed E-state index contributed by atoms with van der Waals surface area (Å²) in [6.45, 7) is 8.07. The van der Waals surface area contributed by atoms with E-state index in [1.54, 1.807) is 0 Å². The summed E-state index contributed by atoms with van der Waals surface area (Å²) in [7, 11) is 0. The van der Waals surface area contributed by atoms with E-state index in [4.69, 9.17) is 0 Å². The Morgan fingerprint density at radius 2 is 2.00 bits per heavy atom. The van der Waals surface area contributed by atoms with Gasteiger partial charge in [-0.05, 0) is 26.3 Å². The molecule has 2 rings (SSSR count). The normalized spacial score (nSPS) is 22.3. The van der Waals surface area contributed by atoms with E-state index in [-0.39, 0.29) is 23.6 Å². The van der Waals surface area contributed by atoms with Crippen LogP contribution in [0.25, 0.3) is 0 Å². The van der Waals surface area contributed by atoms with E-state index in [1.807, 2.05) is 4.90 Å². The maximum Gasteiger partial charge on any atom is 0.274 e. The third kappa shape index (κ3) is 3.91. The third-order valence-corrected chi connectivity index (χ3v) is 3.65. The number of nitrogens with one attached hydrogen (secondary N) is 1. The first-order valence-electron chi connectivity index (χ1n) is 7.64. The van der Waals surface area contributed by atoms with Crippen LogP contribution in [0.4, 0.5) is 0 Å². The number of unbranched alkanes of at least 4 members (excludes halogenated alkanes) is 1. The van der Waals surface area contributed by atoms with Gasteiger partial charge in [-0.1, -0.05) is 13.3 Å². The molecule has 21 heavy (non-hydrogen) atoms. The number of hydrogen-bond acceptors (Lipinski definition) is 4. The molecule has 0 aliphatic carbocycles. The molecule has 1 aliphatic heterocycles. The molecule has 0 bridgehead atoms. The Balaban J connectivity index is 2.17. The number of carbonyl (C=O) groups is 1. The molecule has 2 heterocycles. The number of piperazine rings is 1. The number of hydrogen-bond donors (Lipinski definition) is 1. The molecule has 116 valence electrons. The highest BCUT2D eigenvalue weighted by Crippen LogP contribution is 2.08. The molecule has 1 N–H and O–H groups in total. The van der Waals surface area contributed by atoms with Crippen molar-refractivity contribution in [2.24, 2.45) is 0 Å². The Morgan fingerprint density at radius 3 is 2.62 bits per heavy atom. The van der Waals surface area contributed by atoms with E-state index in [1.165, 1.54) is 16.8 Å². The van der Waals surface area contributed by atoms with Crippen LogP contribution in [0, 0.1) is 0 Å². The standard InChI is InChI=1S/C15H24N4O2/c1-4-5-8-19-14(20)7-6-13(17-19)15(21)18-9-11(2)16-12(3)10-18/h6-7,11-12,16H,4-5,8-10H2,1-3H3/t11-,12+. The number of aryl methyl sites for hydroxylation is 1. The molecule has 0 saturated carbocycles. The lowest BCUT2D eigenvalue weighted by Crippen LogP contribution is -2.56. The van der Waals surface area contributed by atoms with Gasteiger partial charge < -0.3 is 10.2 Å². The molecule has 0 unspecified atom stereocenters. The predicted octanol–water partition coefficient (Wildman–Crippen LogP) is 0.866. The van der Waals surface area contributed by atoms with Crippen molar-refractivity contribution in [3.63, 3.8) is 0 Å². The van der Waals surface area contributed by atoms with Crippen LogP contribution >= 0.6 is 0 Å². The average molecular weight is 292 g/mol. The lowest BCUT2D eigenvalue weighted by Gasteiger charge is -2.35. The first-order valence-corrected chi connectivity index (χ1v) is 7.64. The molecule has 2 atom stereocenters. The zero-order valence-electron chi connectivity index (χ0n) is 13.0. The van der Waals surface area contributed by atoms with Crippen molar-refractivity contribution < 1.29 is 4.79 Å². The Kier molecular flexibility index (Phi) is 5.12. The van der Waals surface area contributed by atoms with Crippen LogP contribution in [0.3, 0.4) is 0 Å². The predicted molar refractivity (Wildman–Crippen MR) is 81.4 cm³/mol. The van der Waals surface area contributed by atoms with E-state index in [0.717, 1.165) is 12.8 Å². The zero-order valence-corrected chi connectivity index (χ0v) is 13.0. The van der Waals surface area contributed by atoms with Crippen LogP contribution in [0.5, 0.6) is 0 Å². The minimum atomic E-state index is -0.151. The van der Waals surface area contributed by atoms with Crippen molar-refractivity contribution in [3.05, 3.63) is 28.2 Å². The van der Waals surface area contributed by atoms with Crippen molar-refractivity contribution in [3.8, 4) is 0 Å². The molecule has 0 spiro atoms. The van der Waals surface area contributed by atoms with Crippen LogP contribution < -0.4 is 10.9 Å². The van der Waals surface area contributed by atoms with Crippen molar-refractivity contribution in [2.75, 3.05) is 13.1 Å². The van der Waals surface area contributed by atoms with Gasteiger partial charge >= 0.3 is 0 Å². The summed E-state index contributed by atoms with van der Waals surface area (Å²) < 4.78 is 1.39. The van der Waals surface area contributed by atoms with E-state index in [0.29, 0.717) is 25.3 Å². The number of nitrogens with zero attached hydrogens (tertiary/aromatic N) is 3. The molecule has 1 saturated heterocycles. The fourth-order valence-electron chi connectivity index (χ4n) is 2.69. The summed E-state index contributed by atoms with van der Waals surface area (Å²) in [6, 6.07) is 3.50. The summed E-state index contributed by atoms with van der Waals surface area (Å²) in [5, 5.41) is 7.62. The van der Waals surface area contributed by atoms with Crippen LogP contribution in [0.15, 0.2) is 16.9 Å². The van der Waals surface area contributed by atoms with Gasteiger partial charge in [0.25, 0.3) is 11.5 Å². The number of rotatable bonds is 4. The van der Waals surface area contributed by atoms with Gasteiger partial charge in [-0.25, -0.2) is 4.68 Å².